The molecule has 3 heterocycles. The molecule has 0 aliphatic carbocycles. The number of hydrogen-bond acceptors (Lipinski definition) is 3. The van der Waals surface area contributed by atoms with Gasteiger partial charge in [0.2, 0.25) is 5.91 Å². The number of amides is 1. The number of nitrogens with zero attached hydrogens (tertiary/aromatic N) is 4. The van der Waals surface area contributed by atoms with Crippen LogP contribution in [0.15, 0.2) is 54.9 Å². The molecule has 0 radical (unpaired) electrons. The molecule has 116 valence electrons. The minimum atomic E-state index is 0.151. The third kappa shape index (κ3) is 2.34. The van der Waals surface area contributed by atoms with Crippen molar-refractivity contribution in [3.8, 4) is 0 Å². The molecule has 1 aromatic carbocycles. The van der Waals surface area contributed by atoms with Crippen molar-refractivity contribution in [2.24, 2.45) is 0 Å². The van der Waals surface area contributed by atoms with Crippen molar-refractivity contribution in [3.63, 3.8) is 0 Å². The molecule has 0 unspecified atom stereocenters. The highest BCUT2D eigenvalue weighted by Gasteiger charge is 2.23. The summed E-state index contributed by atoms with van der Waals surface area (Å²) < 4.78 is 2.10. The van der Waals surface area contributed by atoms with Gasteiger partial charge in [-0.1, -0.05) is 18.2 Å². The Morgan fingerprint density at radius 3 is 2.74 bits per heavy atom. The van der Waals surface area contributed by atoms with Crippen LogP contribution in [0.2, 0.25) is 0 Å². The monoisotopic (exact) mass is 306 g/mol. The fourth-order valence-corrected chi connectivity index (χ4v) is 3.13. The van der Waals surface area contributed by atoms with Gasteiger partial charge in [-0.2, -0.15) is 0 Å². The Morgan fingerprint density at radius 2 is 1.87 bits per heavy atom. The predicted octanol–water partition coefficient (Wildman–Crippen LogP) is 2.71. The molecule has 0 bridgehead atoms. The van der Waals surface area contributed by atoms with Gasteiger partial charge in [0.05, 0.1) is 29.8 Å². The lowest BCUT2D eigenvalue weighted by atomic mass is 10.2. The van der Waals surface area contributed by atoms with Crippen molar-refractivity contribution < 1.29 is 4.79 Å². The van der Waals surface area contributed by atoms with Crippen molar-refractivity contribution in [3.05, 3.63) is 60.6 Å². The summed E-state index contributed by atoms with van der Waals surface area (Å²) in [6.07, 6.45) is 4.45. The smallest absolute Gasteiger partial charge is 0.228 e. The van der Waals surface area contributed by atoms with Crippen LogP contribution in [0.3, 0.4) is 0 Å². The van der Waals surface area contributed by atoms with Gasteiger partial charge in [-0.3, -0.25) is 4.79 Å². The third-order valence-electron chi connectivity index (χ3n) is 4.40. The highest BCUT2D eigenvalue weighted by molar-refractivity contribution is 5.98. The highest BCUT2D eigenvalue weighted by atomic mass is 16.2. The molecule has 0 spiro atoms. The number of carbonyl (C=O) groups excluding carboxylic acids is 1. The van der Waals surface area contributed by atoms with Crippen LogP contribution >= 0.6 is 0 Å². The van der Waals surface area contributed by atoms with Gasteiger partial charge >= 0.3 is 0 Å². The first kappa shape index (κ1) is 13.8. The highest BCUT2D eigenvalue weighted by Crippen LogP contribution is 2.32. The first-order valence-corrected chi connectivity index (χ1v) is 7.75. The molecular formula is C18H18N4O. The predicted molar refractivity (Wildman–Crippen MR) is 90.7 cm³/mol. The van der Waals surface area contributed by atoms with Crippen molar-refractivity contribution in [1.29, 1.82) is 0 Å². The number of hydrogen-bond donors (Lipinski definition) is 0. The Balaban J connectivity index is 1.74. The lowest BCUT2D eigenvalue weighted by Crippen LogP contribution is -2.26. The molecule has 3 aromatic rings. The zero-order chi connectivity index (χ0) is 15.8. The maximum absolute atomic E-state index is 12.2. The number of aromatic nitrogens is 2. The fourth-order valence-electron chi connectivity index (χ4n) is 3.13. The second kappa shape index (κ2) is 5.43. The average molecular weight is 306 g/mol. The molecule has 23 heavy (non-hydrogen) atoms. The zero-order valence-corrected chi connectivity index (χ0v) is 13.0. The number of imidazole rings is 1. The second-order valence-electron chi connectivity index (χ2n) is 5.79. The third-order valence-corrected chi connectivity index (χ3v) is 4.40. The van der Waals surface area contributed by atoms with E-state index < -0.39 is 0 Å². The maximum Gasteiger partial charge on any atom is 0.228 e. The molecule has 4 rings (SSSR count). The van der Waals surface area contributed by atoms with E-state index in [4.69, 9.17) is 0 Å². The van der Waals surface area contributed by atoms with Gasteiger partial charge < -0.3 is 14.2 Å². The molecule has 1 aliphatic heterocycles. The Labute approximate surface area is 134 Å². The fraction of sp³-hybridized carbons (Fsp3) is 0.222. The first-order chi connectivity index (χ1) is 11.2. The van der Waals surface area contributed by atoms with Gasteiger partial charge in [-0.15, -0.1) is 0 Å². The van der Waals surface area contributed by atoms with Crippen molar-refractivity contribution in [2.75, 3.05) is 23.4 Å². The Bertz CT molecular complexity index is 870. The summed E-state index contributed by atoms with van der Waals surface area (Å²) in [7, 11) is 1.85. The van der Waals surface area contributed by atoms with Gasteiger partial charge in [0.25, 0.3) is 0 Å². The number of para-hydroxylation sites is 2. The Kier molecular flexibility index (Phi) is 3.26. The van der Waals surface area contributed by atoms with Gasteiger partial charge in [0.15, 0.2) is 0 Å². The molecule has 2 aromatic heterocycles. The maximum atomic E-state index is 12.2. The average Bonchev–Trinajstić information content (AvgIpc) is 2.95. The van der Waals surface area contributed by atoms with E-state index in [1.165, 1.54) is 0 Å². The molecule has 1 aliphatic rings. The number of carbonyl (C=O) groups is 1. The van der Waals surface area contributed by atoms with E-state index in [0.717, 1.165) is 29.3 Å². The molecular weight excluding hydrogens is 288 g/mol. The summed E-state index contributed by atoms with van der Waals surface area (Å²) in [6.45, 7) is 1.43. The largest absolute Gasteiger partial charge is 0.363 e. The van der Waals surface area contributed by atoms with Gasteiger partial charge in [-0.25, -0.2) is 4.98 Å². The minimum absolute atomic E-state index is 0.151. The van der Waals surface area contributed by atoms with Crippen LogP contribution in [0.4, 0.5) is 11.4 Å². The number of fused-ring (bicyclic) bond motifs is 2. The van der Waals surface area contributed by atoms with Gasteiger partial charge in [0, 0.05) is 26.2 Å². The van der Waals surface area contributed by atoms with Crippen LogP contribution in [-0.2, 0) is 11.3 Å². The number of rotatable bonds is 2. The van der Waals surface area contributed by atoms with E-state index in [9.17, 15) is 4.79 Å². The number of benzene rings is 1. The summed E-state index contributed by atoms with van der Waals surface area (Å²) in [6, 6.07) is 14.1. The molecule has 0 saturated heterocycles. The van der Waals surface area contributed by atoms with Crippen molar-refractivity contribution in [1.82, 2.24) is 9.38 Å². The van der Waals surface area contributed by atoms with Crippen LogP contribution in [0, 0.1) is 0 Å². The quantitative estimate of drug-likeness (QED) is 0.731. The van der Waals surface area contributed by atoms with Gasteiger partial charge in [0.1, 0.15) is 5.65 Å². The molecule has 0 saturated carbocycles. The topological polar surface area (TPSA) is 40.9 Å². The second-order valence-corrected chi connectivity index (χ2v) is 5.79. The summed E-state index contributed by atoms with van der Waals surface area (Å²) in [5.74, 6) is 0.151. The van der Waals surface area contributed by atoms with E-state index >= 15 is 0 Å². The van der Waals surface area contributed by atoms with Crippen LogP contribution in [0.5, 0.6) is 0 Å². The van der Waals surface area contributed by atoms with Crippen molar-refractivity contribution >= 4 is 22.9 Å². The summed E-state index contributed by atoms with van der Waals surface area (Å²) >= 11 is 0. The molecule has 0 atom stereocenters. The van der Waals surface area contributed by atoms with Crippen molar-refractivity contribution in [2.45, 2.75) is 13.0 Å². The van der Waals surface area contributed by atoms with E-state index in [1.54, 1.807) is 4.90 Å². The molecule has 0 N–H and O–H groups in total. The lowest BCUT2D eigenvalue weighted by molar-refractivity contribution is -0.118. The molecule has 1 amide bonds. The number of pyridine rings is 1. The SMILES string of the molecule is CN1C(=O)CCN(Cc2cnc3ccccn23)c2ccccc21. The van der Waals surface area contributed by atoms with Crippen LogP contribution in [-0.4, -0.2) is 28.9 Å². The lowest BCUT2D eigenvalue weighted by Gasteiger charge is -2.25. The first-order valence-electron chi connectivity index (χ1n) is 7.75. The summed E-state index contributed by atoms with van der Waals surface area (Å²) in [5, 5.41) is 0. The van der Waals surface area contributed by atoms with Crippen LogP contribution < -0.4 is 9.80 Å². The Morgan fingerprint density at radius 1 is 1.09 bits per heavy atom. The summed E-state index contributed by atoms with van der Waals surface area (Å²) in [4.78, 5) is 20.7. The van der Waals surface area contributed by atoms with E-state index in [1.807, 2.05) is 55.8 Å². The normalized spacial score (nSPS) is 14.9. The van der Waals surface area contributed by atoms with E-state index in [0.29, 0.717) is 13.0 Å². The molecule has 0 fully saturated rings. The standard InChI is InChI=1S/C18H18N4O/c1-20-15-6-2-3-7-16(15)21(11-9-18(20)23)13-14-12-19-17-8-4-5-10-22(14)17/h2-8,10,12H,9,11,13H2,1H3. The van der Waals surface area contributed by atoms with E-state index in [2.05, 4.69) is 20.4 Å². The Hall–Kier alpha value is -2.82. The zero-order valence-electron chi connectivity index (χ0n) is 13.0. The van der Waals surface area contributed by atoms with Crippen LogP contribution in [0.1, 0.15) is 12.1 Å². The van der Waals surface area contributed by atoms with E-state index in [-0.39, 0.29) is 5.91 Å². The van der Waals surface area contributed by atoms with Crippen LogP contribution in [0.25, 0.3) is 5.65 Å². The molecule has 5 nitrogen and oxygen atoms in total. The minimum Gasteiger partial charge on any atom is -0.363 e. The molecule has 5 heteroatoms. The van der Waals surface area contributed by atoms with Gasteiger partial charge in [-0.05, 0) is 24.3 Å². The summed E-state index contributed by atoms with van der Waals surface area (Å²) in [5.41, 5.74) is 4.11. The number of anilines is 2.